The fraction of sp³-hybridized carbons (Fsp3) is 0.348. The minimum atomic E-state index is -0.286. The van der Waals surface area contributed by atoms with Crippen LogP contribution >= 0.6 is 11.8 Å². The van der Waals surface area contributed by atoms with E-state index in [0.717, 1.165) is 39.6 Å². The van der Waals surface area contributed by atoms with E-state index in [1.165, 1.54) is 12.1 Å². The number of pyridine rings is 1. The van der Waals surface area contributed by atoms with E-state index < -0.39 is 0 Å². The van der Waals surface area contributed by atoms with Gasteiger partial charge in [-0.25, -0.2) is 4.39 Å². The first-order valence-corrected chi connectivity index (χ1v) is 11.5. The van der Waals surface area contributed by atoms with E-state index >= 15 is 0 Å². The van der Waals surface area contributed by atoms with E-state index in [0.29, 0.717) is 25.1 Å². The molecule has 1 amide bonds. The van der Waals surface area contributed by atoms with Crippen molar-refractivity contribution >= 4 is 17.7 Å². The first-order valence-electron chi connectivity index (χ1n) is 10.3. The van der Waals surface area contributed by atoms with Gasteiger partial charge in [0.25, 0.3) is 5.91 Å². The van der Waals surface area contributed by atoms with Gasteiger partial charge in [0.15, 0.2) is 0 Å². The van der Waals surface area contributed by atoms with E-state index in [9.17, 15) is 9.18 Å². The Labute approximate surface area is 185 Å². The van der Waals surface area contributed by atoms with Crippen molar-refractivity contribution in [3.8, 4) is 11.4 Å². The van der Waals surface area contributed by atoms with Crippen LogP contribution < -0.4 is 5.73 Å². The van der Waals surface area contributed by atoms with E-state index in [-0.39, 0.29) is 17.8 Å². The molecule has 0 saturated heterocycles. The third kappa shape index (κ3) is 4.36. The molecule has 0 saturated carbocycles. The standard InChI is InChI=1S/C23H26FN5OS/c1-3-31-14-17-11-27-28(2)22(17)21-9-16-13-29(23(30)20(16)12-26-21)19(10-25)8-15-5-4-6-18(24)7-15/h4-7,9,11-12,19H,3,8,10,13-14,25H2,1-2H3/t19-/m0/s1. The lowest BCUT2D eigenvalue weighted by molar-refractivity contribution is 0.0708. The highest BCUT2D eigenvalue weighted by Crippen LogP contribution is 2.31. The molecule has 1 atom stereocenters. The molecule has 3 heterocycles. The molecule has 31 heavy (non-hydrogen) atoms. The fourth-order valence-corrected chi connectivity index (χ4v) is 4.68. The summed E-state index contributed by atoms with van der Waals surface area (Å²) < 4.78 is 15.4. The molecule has 6 nitrogen and oxygen atoms in total. The molecule has 1 aliphatic heterocycles. The first kappa shape index (κ1) is 21.5. The number of hydrogen-bond donors (Lipinski definition) is 1. The lowest BCUT2D eigenvalue weighted by Gasteiger charge is -2.26. The zero-order valence-corrected chi connectivity index (χ0v) is 18.5. The Morgan fingerprint density at radius 3 is 2.87 bits per heavy atom. The summed E-state index contributed by atoms with van der Waals surface area (Å²) in [5.74, 6) is 1.53. The maximum atomic E-state index is 13.6. The van der Waals surface area contributed by atoms with E-state index in [1.807, 2.05) is 41.8 Å². The summed E-state index contributed by atoms with van der Waals surface area (Å²) in [5.41, 5.74) is 11.3. The second-order valence-electron chi connectivity index (χ2n) is 7.66. The van der Waals surface area contributed by atoms with Crippen LogP contribution in [0.3, 0.4) is 0 Å². The van der Waals surface area contributed by atoms with Crippen molar-refractivity contribution in [2.45, 2.75) is 31.7 Å². The molecule has 0 unspecified atom stereocenters. The molecule has 3 aromatic rings. The quantitative estimate of drug-likeness (QED) is 0.582. The van der Waals surface area contributed by atoms with Crippen LogP contribution in [-0.2, 0) is 25.8 Å². The van der Waals surface area contributed by atoms with Crippen molar-refractivity contribution in [1.29, 1.82) is 0 Å². The molecule has 2 N–H and O–H groups in total. The molecule has 0 aliphatic carbocycles. The van der Waals surface area contributed by atoms with Crippen molar-refractivity contribution in [3.63, 3.8) is 0 Å². The summed E-state index contributed by atoms with van der Waals surface area (Å²) in [4.78, 5) is 19.4. The monoisotopic (exact) mass is 439 g/mol. The van der Waals surface area contributed by atoms with Gasteiger partial charge in [-0.1, -0.05) is 19.1 Å². The van der Waals surface area contributed by atoms with Gasteiger partial charge < -0.3 is 10.6 Å². The van der Waals surface area contributed by atoms with E-state index in [2.05, 4.69) is 17.0 Å². The van der Waals surface area contributed by atoms with Crippen molar-refractivity contribution in [2.75, 3.05) is 12.3 Å². The molecule has 162 valence electrons. The number of halogens is 1. The summed E-state index contributed by atoms with van der Waals surface area (Å²) in [6.45, 7) is 2.90. The van der Waals surface area contributed by atoms with Crippen molar-refractivity contribution < 1.29 is 9.18 Å². The van der Waals surface area contributed by atoms with Crippen molar-refractivity contribution in [3.05, 3.63) is 70.8 Å². The van der Waals surface area contributed by atoms with Gasteiger partial charge in [0.2, 0.25) is 0 Å². The minimum absolute atomic E-state index is 0.0762. The number of rotatable bonds is 8. The van der Waals surface area contributed by atoms with Gasteiger partial charge in [-0.2, -0.15) is 16.9 Å². The van der Waals surface area contributed by atoms with Crippen LogP contribution in [0.25, 0.3) is 11.4 Å². The molecule has 1 aliphatic rings. The summed E-state index contributed by atoms with van der Waals surface area (Å²) in [6, 6.07) is 8.22. The second-order valence-corrected chi connectivity index (χ2v) is 8.94. The van der Waals surface area contributed by atoms with Gasteiger partial charge in [0, 0.05) is 43.7 Å². The topological polar surface area (TPSA) is 77.0 Å². The highest BCUT2D eigenvalue weighted by Gasteiger charge is 2.33. The largest absolute Gasteiger partial charge is 0.330 e. The number of hydrogen-bond acceptors (Lipinski definition) is 5. The maximum absolute atomic E-state index is 13.6. The van der Waals surface area contributed by atoms with Gasteiger partial charge >= 0.3 is 0 Å². The molecule has 1 aromatic carbocycles. The molecule has 2 aromatic heterocycles. The average Bonchev–Trinajstić information content (AvgIpc) is 3.29. The number of fused-ring (bicyclic) bond motifs is 1. The zero-order valence-electron chi connectivity index (χ0n) is 17.7. The fourth-order valence-electron chi connectivity index (χ4n) is 4.04. The average molecular weight is 440 g/mol. The van der Waals surface area contributed by atoms with Gasteiger partial charge in [0.05, 0.1) is 23.1 Å². The Morgan fingerprint density at radius 2 is 2.13 bits per heavy atom. The molecular weight excluding hydrogens is 413 g/mol. The number of nitrogens with two attached hydrogens (primary N) is 1. The molecular formula is C23H26FN5OS. The Balaban J connectivity index is 1.59. The minimum Gasteiger partial charge on any atom is -0.330 e. The highest BCUT2D eigenvalue weighted by atomic mass is 32.2. The van der Waals surface area contributed by atoms with E-state index in [1.54, 1.807) is 17.2 Å². The summed E-state index contributed by atoms with van der Waals surface area (Å²) in [6.07, 6.45) is 4.05. The first-order chi connectivity index (χ1) is 15.0. The number of nitrogens with zero attached hydrogens (tertiary/aromatic N) is 4. The normalized spacial score (nSPS) is 14.2. The zero-order chi connectivity index (χ0) is 22.0. The van der Waals surface area contributed by atoms with Crippen LogP contribution in [0.4, 0.5) is 4.39 Å². The summed E-state index contributed by atoms with van der Waals surface area (Å²) in [5, 5.41) is 4.40. The van der Waals surface area contributed by atoms with Gasteiger partial charge in [0.1, 0.15) is 5.82 Å². The van der Waals surface area contributed by atoms with Crippen LogP contribution in [0.15, 0.2) is 42.7 Å². The molecule has 8 heteroatoms. The molecule has 0 fully saturated rings. The third-order valence-corrected chi connectivity index (χ3v) is 6.54. The van der Waals surface area contributed by atoms with Gasteiger partial charge in [-0.15, -0.1) is 0 Å². The summed E-state index contributed by atoms with van der Waals surface area (Å²) in [7, 11) is 1.91. The lowest BCUT2D eigenvalue weighted by Crippen LogP contribution is -2.42. The van der Waals surface area contributed by atoms with Gasteiger partial charge in [-0.3, -0.25) is 14.5 Å². The number of aryl methyl sites for hydroxylation is 1. The molecule has 0 spiro atoms. The second kappa shape index (κ2) is 9.20. The number of aromatic nitrogens is 3. The number of carbonyl (C=O) groups is 1. The molecule has 0 radical (unpaired) electrons. The predicted molar refractivity (Wildman–Crippen MR) is 121 cm³/mol. The number of carbonyl (C=O) groups excluding carboxylic acids is 1. The van der Waals surface area contributed by atoms with Crippen LogP contribution in [-0.4, -0.2) is 43.9 Å². The smallest absolute Gasteiger partial charge is 0.256 e. The van der Waals surface area contributed by atoms with Crippen molar-refractivity contribution in [2.24, 2.45) is 12.8 Å². The Kier molecular flexibility index (Phi) is 6.38. The van der Waals surface area contributed by atoms with Gasteiger partial charge in [-0.05, 0) is 41.5 Å². The number of benzene rings is 1. The number of thioether (sulfide) groups is 1. The highest BCUT2D eigenvalue weighted by molar-refractivity contribution is 7.98. The third-order valence-electron chi connectivity index (χ3n) is 5.61. The molecule has 0 bridgehead atoms. The molecule has 4 rings (SSSR count). The number of amides is 1. The summed E-state index contributed by atoms with van der Waals surface area (Å²) >= 11 is 1.83. The Bertz CT molecular complexity index is 1100. The van der Waals surface area contributed by atoms with E-state index in [4.69, 9.17) is 5.73 Å². The predicted octanol–water partition coefficient (Wildman–Crippen LogP) is 3.40. The van der Waals surface area contributed by atoms with Crippen LogP contribution in [0.2, 0.25) is 0 Å². The Hall–Kier alpha value is -2.71. The van der Waals surface area contributed by atoms with Crippen LogP contribution in [0.1, 0.15) is 34.0 Å². The lowest BCUT2D eigenvalue weighted by atomic mass is 10.0. The van der Waals surface area contributed by atoms with Crippen LogP contribution in [0.5, 0.6) is 0 Å². The van der Waals surface area contributed by atoms with Crippen molar-refractivity contribution in [1.82, 2.24) is 19.7 Å². The Morgan fingerprint density at radius 1 is 1.29 bits per heavy atom. The van der Waals surface area contributed by atoms with Crippen LogP contribution in [0, 0.1) is 5.82 Å². The SMILES string of the molecule is CCSCc1cnn(C)c1-c1cc2c(cn1)C(=O)N([C@H](CN)Cc1cccc(F)c1)C2. The maximum Gasteiger partial charge on any atom is 0.256 e.